The van der Waals surface area contributed by atoms with Gasteiger partial charge in [-0.2, -0.15) is 0 Å². The van der Waals surface area contributed by atoms with Gasteiger partial charge in [-0.1, -0.05) is 37.6 Å². The van der Waals surface area contributed by atoms with Crippen LogP contribution in [0.1, 0.15) is 12.5 Å². The van der Waals surface area contributed by atoms with E-state index in [2.05, 4.69) is 5.32 Å². The van der Waals surface area contributed by atoms with Crippen molar-refractivity contribution in [2.75, 3.05) is 11.9 Å². The zero-order valence-corrected chi connectivity index (χ0v) is 15.3. The van der Waals surface area contributed by atoms with Gasteiger partial charge in [0, 0.05) is 11.3 Å². The van der Waals surface area contributed by atoms with E-state index in [4.69, 9.17) is 4.74 Å². The van der Waals surface area contributed by atoms with Crippen molar-refractivity contribution in [1.29, 1.82) is 0 Å². The Hall–Kier alpha value is -2.40. The Morgan fingerprint density at radius 2 is 1.64 bits per heavy atom. The van der Waals surface area contributed by atoms with Crippen molar-refractivity contribution in [3.8, 4) is 5.75 Å². The van der Waals surface area contributed by atoms with Crippen molar-refractivity contribution >= 4 is 21.8 Å². The van der Waals surface area contributed by atoms with Crippen LogP contribution in [-0.2, 0) is 11.5 Å². The average molecular weight is 429 g/mol. The molecule has 156 valence electrons. The molecule has 0 spiro atoms. The molecule has 2 N–H and O–H groups in total. The monoisotopic (exact) mass is 429 g/mol. The van der Waals surface area contributed by atoms with Gasteiger partial charge in [0.25, 0.3) is 5.91 Å². The van der Waals surface area contributed by atoms with Crippen LogP contribution in [0.4, 0.5) is 29.5 Å². The Balaban J connectivity index is 2.07. The van der Waals surface area contributed by atoms with Crippen LogP contribution in [0, 0.1) is 0 Å². The van der Waals surface area contributed by atoms with Gasteiger partial charge in [0.05, 0.1) is 0 Å². The molecular formula is C17H17F6NO3S. The van der Waals surface area contributed by atoms with Gasteiger partial charge in [-0.25, -0.2) is 4.39 Å². The number of aliphatic hydroxyl groups is 1. The van der Waals surface area contributed by atoms with E-state index in [-0.39, 0.29) is 29.1 Å². The lowest BCUT2D eigenvalue weighted by Gasteiger charge is -2.40. The summed E-state index contributed by atoms with van der Waals surface area (Å²) in [7, 11) is -9.81. The normalized spacial score (nSPS) is 16.4. The number of amides is 1. The van der Waals surface area contributed by atoms with Crippen LogP contribution in [0.5, 0.6) is 5.75 Å². The lowest BCUT2D eigenvalue weighted by Crippen LogP contribution is -2.45. The van der Waals surface area contributed by atoms with Gasteiger partial charge in [0.15, 0.2) is 5.60 Å². The summed E-state index contributed by atoms with van der Waals surface area (Å²) in [6, 6.07) is 7.57. The first kappa shape index (κ1) is 21.9. The summed E-state index contributed by atoms with van der Waals surface area (Å²) in [5, 5.41) is 12.3. The quantitative estimate of drug-likeness (QED) is 0.565. The second-order valence-corrected chi connectivity index (χ2v) is 8.66. The summed E-state index contributed by atoms with van der Waals surface area (Å²) in [5.74, 6) is -0.941. The minimum absolute atomic E-state index is 0.110. The predicted molar refractivity (Wildman–Crippen MR) is 93.8 cm³/mol. The van der Waals surface area contributed by atoms with E-state index >= 15 is 0 Å². The molecule has 0 aliphatic heterocycles. The molecule has 0 aliphatic carbocycles. The largest absolute Gasteiger partial charge is 0.490 e. The van der Waals surface area contributed by atoms with Gasteiger partial charge in [0.1, 0.15) is 23.9 Å². The molecule has 1 amide bonds. The molecule has 0 radical (unpaired) electrons. The number of benzene rings is 2. The zero-order chi connectivity index (χ0) is 21.3. The third-order valence-electron chi connectivity index (χ3n) is 3.67. The topological polar surface area (TPSA) is 58.6 Å². The molecule has 11 heteroatoms. The third kappa shape index (κ3) is 5.55. The fourth-order valence-electron chi connectivity index (χ4n) is 2.10. The molecule has 4 nitrogen and oxygen atoms in total. The van der Waals surface area contributed by atoms with Gasteiger partial charge >= 0.3 is 10.2 Å². The van der Waals surface area contributed by atoms with Crippen molar-refractivity contribution < 1.29 is 38.5 Å². The van der Waals surface area contributed by atoms with E-state index in [9.17, 15) is 33.7 Å². The van der Waals surface area contributed by atoms with Crippen LogP contribution in [-0.4, -0.2) is 23.2 Å². The van der Waals surface area contributed by atoms with Crippen LogP contribution < -0.4 is 10.1 Å². The van der Waals surface area contributed by atoms with Crippen LogP contribution >= 0.6 is 10.2 Å². The number of hydrogen-bond donors (Lipinski definition) is 2. The highest BCUT2D eigenvalue weighted by Gasteiger charge is 2.65. The second kappa shape index (κ2) is 6.59. The first-order valence-corrected chi connectivity index (χ1v) is 9.72. The van der Waals surface area contributed by atoms with Crippen molar-refractivity contribution in [3.05, 3.63) is 54.1 Å². The number of para-hydroxylation sites is 1. The van der Waals surface area contributed by atoms with E-state index in [0.717, 1.165) is 6.92 Å². The molecule has 0 saturated carbocycles. The maximum Gasteiger partial charge on any atom is 0.310 e. The van der Waals surface area contributed by atoms with Gasteiger partial charge in [0.2, 0.25) is 0 Å². The molecule has 0 aliphatic rings. The maximum absolute atomic E-state index is 12.9. The second-order valence-electron chi connectivity index (χ2n) is 6.25. The molecule has 0 aromatic heterocycles. The van der Waals surface area contributed by atoms with Gasteiger partial charge < -0.3 is 15.2 Å². The van der Waals surface area contributed by atoms with Gasteiger partial charge in [-0.15, -0.1) is 0 Å². The lowest BCUT2D eigenvalue weighted by molar-refractivity contribution is -0.135. The van der Waals surface area contributed by atoms with Crippen LogP contribution in [0.15, 0.2) is 53.4 Å². The molecule has 28 heavy (non-hydrogen) atoms. The average Bonchev–Trinajstić information content (AvgIpc) is 2.58. The molecule has 0 heterocycles. The smallest absolute Gasteiger partial charge is 0.310 e. The number of hydrogen-bond acceptors (Lipinski definition) is 3. The summed E-state index contributed by atoms with van der Waals surface area (Å²) in [5.41, 5.74) is -2.17. The first-order chi connectivity index (χ1) is 12.6. The summed E-state index contributed by atoms with van der Waals surface area (Å²) in [6.07, 6.45) is 0. The summed E-state index contributed by atoms with van der Waals surface area (Å²) in [6.45, 7) is -0.341. The van der Waals surface area contributed by atoms with E-state index in [1.807, 2.05) is 0 Å². The number of ether oxygens (including phenoxy) is 1. The molecular weight excluding hydrogens is 412 g/mol. The minimum Gasteiger partial charge on any atom is -0.490 e. The Morgan fingerprint density at radius 1 is 1.07 bits per heavy atom. The van der Waals surface area contributed by atoms with Crippen LogP contribution in [0.3, 0.4) is 0 Å². The highest BCUT2D eigenvalue weighted by Crippen LogP contribution is 3.02. The lowest BCUT2D eigenvalue weighted by atomic mass is 10.1. The summed E-state index contributed by atoms with van der Waals surface area (Å²) >= 11 is 0. The van der Waals surface area contributed by atoms with E-state index in [0.29, 0.717) is 12.1 Å². The standard InChI is InChI=1S/C17H17F6NO3S/c1-17(26,11-27-15-5-3-2-4-12(15)10-18)16(25)24-13-6-8-14(9-7-13)28(19,20,21,22)23/h2-9,26H,10-11H2,1H3,(H,24,25). The Morgan fingerprint density at radius 3 is 2.18 bits per heavy atom. The van der Waals surface area contributed by atoms with Crippen LogP contribution in [0.2, 0.25) is 0 Å². The molecule has 2 aromatic carbocycles. The molecule has 1 unspecified atom stereocenters. The number of carbonyl (C=O) groups is 1. The Kier molecular flexibility index (Phi) is 5.15. The van der Waals surface area contributed by atoms with Gasteiger partial charge in [-0.05, 0) is 37.3 Å². The number of alkyl halides is 1. The summed E-state index contributed by atoms with van der Waals surface area (Å²) in [4.78, 5) is 10.0. The Labute approximate surface area is 156 Å². The molecule has 2 rings (SSSR count). The Bertz CT molecular complexity index is 869. The molecule has 0 bridgehead atoms. The molecule has 0 saturated heterocycles. The third-order valence-corrected chi connectivity index (χ3v) is 4.84. The highest BCUT2D eigenvalue weighted by molar-refractivity contribution is 8.45. The predicted octanol–water partition coefficient (Wildman–Crippen LogP) is 5.58. The van der Waals surface area contributed by atoms with E-state index in [1.54, 1.807) is 12.1 Å². The maximum atomic E-state index is 12.9. The number of rotatable bonds is 7. The molecule has 2 aromatic rings. The number of anilines is 1. The highest BCUT2D eigenvalue weighted by atomic mass is 32.5. The van der Waals surface area contributed by atoms with E-state index in [1.165, 1.54) is 12.1 Å². The number of halogens is 6. The minimum atomic E-state index is -9.81. The molecule has 1 atom stereocenters. The van der Waals surface area contributed by atoms with Crippen molar-refractivity contribution in [3.63, 3.8) is 0 Å². The molecule has 0 fully saturated rings. The zero-order valence-electron chi connectivity index (χ0n) is 14.5. The fourth-order valence-corrected chi connectivity index (χ4v) is 2.75. The van der Waals surface area contributed by atoms with Gasteiger partial charge in [-0.3, -0.25) is 4.79 Å². The van der Waals surface area contributed by atoms with Crippen molar-refractivity contribution in [2.45, 2.75) is 24.1 Å². The van der Waals surface area contributed by atoms with E-state index < -0.39 is 39.9 Å². The summed E-state index contributed by atoms with van der Waals surface area (Å²) < 4.78 is 81.5. The number of nitrogens with one attached hydrogen (secondary N) is 1. The van der Waals surface area contributed by atoms with Crippen molar-refractivity contribution in [1.82, 2.24) is 0 Å². The number of carbonyl (C=O) groups excluding carboxylic acids is 1. The van der Waals surface area contributed by atoms with Crippen LogP contribution in [0.25, 0.3) is 0 Å². The first-order valence-electron chi connectivity index (χ1n) is 7.77. The SMILES string of the molecule is CC(O)(COc1ccccc1CF)C(=O)Nc1ccc(S(F)(F)(F)(F)F)cc1. The van der Waals surface area contributed by atoms with Crippen molar-refractivity contribution in [2.24, 2.45) is 0 Å². The fraction of sp³-hybridized carbons (Fsp3) is 0.235.